The molecule has 6 nitrogen and oxygen atoms in total. The third kappa shape index (κ3) is 3.87. The van der Waals surface area contributed by atoms with E-state index in [0.29, 0.717) is 12.4 Å². The van der Waals surface area contributed by atoms with E-state index in [1.54, 1.807) is 11.0 Å². The number of benzene rings is 1. The minimum absolute atomic E-state index is 0.0465. The van der Waals surface area contributed by atoms with Crippen LogP contribution in [0.1, 0.15) is 45.6 Å². The molecule has 1 aliphatic carbocycles. The van der Waals surface area contributed by atoms with Crippen LogP contribution < -0.4 is 10.6 Å². The van der Waals surface area contributed by atoms with Crippen molar-refractivity contribution in [3.8, 4) is 0 Å². The second kappa shape index (κ2) is 8.00. The van der Waals surface area contributed by atoms with Gasteiger partial charge < -0.3 is 15.5 Å². The van der Waals surface area contributed by atoms with Crippen LogP contribution in [0.5, 0.6) is 0 Å². The summed E-state index contributed by atoms with van der Waals surface area (Å²) in [6, 6.07) is 5.49. The Hall–Kier alpha value is -2.55. The van der Waals surface area contributed by atoms with Crippen LogP contribution in [0.4, 0.5) is 19.3 Å². The number of anilines is 1. The van der Waals surface area contributed by atoms with Crippen LogP contribution in [0.25, 0.3) is 0 Å². The van der Waals surface area contributed by atoms with Gasteiger partial charge in [0.25, 0.3) is 5.92 Å². The number of hydrogen-bond acceptors (Lipinski definition) is 3. The highest BCUT2D eigenvalue weighted by molar-refractivity contribution is 6.82. The summed E-state index contributed by atoms with van der Waals surface area (Å²) in [5, 5.41) is 5.51. The molecule has 2 heterocycles. The van der Waals surface area contributed by atoms with Gasteiger partial charge in [0.05, 0.1) is 32.4 Å². The number of amidine groups is 1. The van der Waals surface area contributed by atoms with Crippen molar-refractivity contribution in [1.82, 2.24) is 10.2 Å². The molecule has 3 aliphatic rings. The highest BCUT2D eigenvalue weighted by atomic mass is 28.3. The van der Waals surface area contributed by atoms with Gasteiger partial charge in [0.15, 0.2) is 0 Å². The van der Waals surface area contributed by atoms with Crippen LogP contribution in [0, 0.1) is 0 Å². The molecule has 1 aromatic rings. The van der Waals surface area contributed by atoms with Crippen molar-refractivity contribution in [2.45, 2.75) is 76.2 Å². The lowest BCUT2D eigenvalue weighted by molar-refractivity contribution is -0.125. The van der Waals surface area contributed by atoms with E-state index < -0.39 is 25.6 Å². The van der Waals surface area contributed by atoms with Crippen LogP contribution in [0.3, 0.4) is 0 Å². The molecule has 4 rings (SSSR count). The Kier molecular flexibility index (Phi) is 5.78. The average molecular weight is 489 g/mol. The van der Waals surface area contributed by atoms with Gasteiger partial charge in [0.1, 0.15) is 5.84 Å². The maximum atomic E-state index is 14.0. The summed E-state index contributed by atoms with van der Waals surface area (Å²) in [5.41, 5.74) is 1.03. The molecule has 0 bridgehead atoms. The minimum atomic E-state index is -3.08. The van der Waals surface area contributed by atoms with Crippen molar-refractivity contribution < 1.29 is 18.4 Å². The molecular formula is C25H34F2N4O2Si. The van der Waals surface area contributed by atoms with Crippen molar-refractivity contribution in [2.24, 2.45) is 4.99 Å². The quantitative estimate of drug-likeness (QED) is 0.549. The second-order valence-electron chi connectivity index (χ2n) is 11.3. The zero-order valence-corrected chi connectivity index (χ0v) is 21.8. The van der Waals surface area contributed by atoms with Gasteiger partial charge in [-0.3, -0.25) is 9.79 Å². The minimum Gasteiger partial charge on any atom is -0.311 e. The zero-order chi connectivity index (χ0) is 25.1. The predicted octanol–water partition coefficient (Wildman–Crippen LogP) is 5.51. The first kappa shape index (κ1) is 24.6. The van der Waals surface area contributed by atoms with Crippen LogP contribution >= 0.6 is 0 Å². The Balaban J connectivity index is 1.52. The van der Waals surface area contributed by atoms with Gasteiger partial charge in [-0.05, 0) is 38.3 Å². The lowest BCUT2D eigenvalue weighted by Gasteiger charge is -2.49. The SMILES string of the molecule is CC(F)(F)c1ccccc1NC(=O)N1CC2=C(CN=C2NC(=O)C2([Si](C)(C)C)CCC2)C1(C)C. The molecule has 2 aliphatic heterocycles. The van der Waals surface area contributed by atoms with E-state index in [1.165, 1.54) is 18.2 Å². The normalized spacial score (nSPS) is 21.1. The number of nitrogens with zero attached hydrogens (tertiary/aromatic N) is 2. The number of aliphatic imine (C=N–C) groups is 1. The summed E-state index contributed by atoms with van der Waals surface area (Å²) in [7, 11) is -1.74. The van der Waals surface area contributed by atoms with Gasteiger partial charge in [-0.25, -0.2) is 13.6 Å². The number of rotatable bonds is 4. The van der Waals surface area contributed by atoms with Gasteiger partial charge in [-0.2, -0.15) is 0 Å². The second-order valence-corrected chi connectivity index (χ2v) is 16.7. The van der Waals surface area contributed by atoms with Crippen LogP contribution in [-0.4, -0.2) is 49.4 Å². The number of halogens is 2. The van der Waals surface area contributed by atoms with Gasteiger partial charge in [-0.1, -0.05) is 44.3 Å². The molecule has 0 aromatic heterocycles. The number of amides is 3. The summed E-state index contributed by atoms with van der Waals surface area (Å²) in [4.78, 5) is 32.8. The van der Waals surface area contributed by atoms with Crippen LogP contribution in [0.15, 0.2) is 40.4 Å². The molecule has 0 spiro atoms. The van der Waals surface area contributed by atoms with Gasteiger partial charge in [0, 0.05) is 23.1 Å². The first-order valence-electron chi connectivity index (χ1n) is 11.8. The van der Waals surface area contributed by atoms with E-state index in [1.807, 2.05) is 13.8 Å². The summed E-state index contributed by atoms with van der Waals surface area (Å²) < 4.78 is 28.1. The summed E-state index contributed by atoms with van der Waals surface area (Å²) in [6.45, 7) is 12.0. The van der Waals surface area contributed by atoms with Gasteiger partial charge >= 0.3 is 6.03 Å². The molecule has 0 atom stereocenters. The van der Waals surface area contributed by atoms with Gasteiger partial charge in [-0.15, -0.1) is 0 Å². The maximum Gasteiger partial charge on any atom is 0.322 e. The summed E-state index contributed by atoms with van der Waals surface area (Å²) >= 11 is 0. The number of urea groups is 1. The monoisotopic (exact) mass is 488 g/mol. The predicted molar refractivity (Wildman–Crippen MR) is 133 cm³/mol. The Morgan fingerprint density at radius 3 is 2.32 bits per heavy atom. The van der Waals surface area contributed by atoms with Crippen molar-refractivity contribution >= 4 is 31.5 Å². The van der Waals surface area contributed by atoms with Crippen molar-refractivity contribution in [3.63, 3.8) is 0 Å². The fourth-order valence-corrected chi connectivity index (χ4v) is 8.01. The summed E-state index contributed by atoms with van der Waals surface area (Å²) in [6.07, 6.45) is 2.89. The Morgan fingerprint density at radius 1 is 1.12 bits per heavy atom. The molecule has 34 heavy (non-hydrogen) atoms. The van der Waals surface area contributed by atoms with Crippen molar-refractivity contribution in [2.75, 3.05) is 18.4 Å². The van der Waals surface area contributed by atoms with E-state index in [4.69, 9.17) is 0 Å². The lowest BCUT2D eigenvalue weighted by atomic mass is 9.83. The first-order valence-corrected chi connectivity index (χ1v) is 15.3. The van der Waals surface area contributed by atoms with Crippen molar-refractivity contribution in [1.29, 1.82) is 0 Å². The Morgan fingerprint density at radius 2 is 1.76 bits per heavy atom. The third-order valence-electron chi connectivity index (χ3n) is 7.97. The van der Waals surface area contributed by atoms with E-state index in [-0.39, 0.29) is 28.7 Å². The molecule has 9 heteroatoms. The van der Waals surface area contributed by atoms with Gasteiger partial charge in [0.2, 0.25) is 5.91 Å². The highest BCUT2D eigenvalue weighted by Gasteiger charge is 2.54. The fourth-order valence-electron chi connectivity index (χ4n) is 5.42. The maximum absolute atomic E-state index is 14.0. The summed E-state index contributed by atoms with van der Waals surface area (Å²) in [5.74, 6) is -2.49. The van der Waals surface area contributed by atoms with Crippen LogP contribution in [-0.2, 0) is 10.7 Å². The number of carbonyl (C=O) groups excluding carboxylic acids is 2. The smallest absolute Gasteiger partial charge is 0.311 e. The molecule has 1 fully saturated rings. The number of carbonyl (C=O) groups is 2. The third-order valence-corrected chi connectivity index (χ3v) is 11.6. The standard InChI is InChI=1S/C25H34F2N4O2Si/c1-23(2)18-14-28-20(30-21(32)25(12-9-13-25)34(4,5)6)16(18)15-31(23)22(33)29-19-11-8-7-10-17(19)24(3,26)27/h7-8,10-11H,9,12-15H2,1-6H3,(H,29,33)(H,28,30,32). The van der Waals surface area contributed by atoms with E-state index in [9.17, 15) is 18.4 Å². The molecule has 2 N–H and O–H groups in total. The molecule has 3 amide bonds. The number of alkyl halides is 2. The average Bonchev–Trinajstić information content (AvgIpc) is 3.17. The molecule has 1 aromatic carbocycles. The molecule has 0 unspecified atom stereocenters. The number of para-hydroxylation sites is 1. The van der Waals surface area contributed by atoms with E-state index in [2.05, 4.69) is 35.3 Å². The highest BCUT2D eigenvalue weighted by Crippen LogP contribution is 2.55. The van der Waals surface area contributed by atoms with Crippen molar-refractivity contribution in [3.05, 3.63) is 41.0 Å². The van der Waals surface area contributed by atoms with E-state index >= 15 is 0 Å². The molecule has 0 radical (unpaired) electrons. The molecule has 0 saturated heterocycles. The zero-order valence-electron chi connectivity index (χ0n) is 20.8. The molecule has 184 valence electrons. The van der Waals surface area contributed by atoms with Crippen LogP contribution in [0.2, 0.25) is 24.7 Å². The molecular weight excluding hydrogens is 454 g/mol. The molecule has 1 saturated carbocycles. The topological polar surface area (TPSA) is 73.8 Å². The lowest BCUT2D eigenvalue weighted by Crippen LogP contribution is -2.55. The number of nitrogens with one attached hydrogen (secondary N) is 2. The Labute approximate surface area is 200 Å². The fraction of sp³-hybridized carbons (Fsp3) is 0.560. The number of hydrogen-bond donors (Lipinski definition) is 2. The van der Waals surface area contributed by atoms with E-state index in [0.717, 1.165) is 37.3 Å². The largest absolute Gasteiger partial charge is 0.322 e. The first-order chi connectivity index (χ1) is 15.7. The Bertz CT molecular complexity index is 1090.